The fourth-order valence-electron chi connectivity index (χ4n) is 5.90. The highest BCUT2D eigenvalue weighted by atomic mass is 16.2. The second-order valence-corrected chi connectivity index (χ2v) is 9.61. The summed E-state index contributed by atoms with van der Waals surface area (Å²) >= 11 is 0. The highest BCUT2D eigenvalue weighted by Crippen LogP contribution is 2.49. The lowest BCUT2D eigenvalue weighted by molar-refractivity contribution is 0.0386. The Kier molecular flexibility index (Phi) is 4.79. The SMILES string of the molecule is Cc1nccc(-c2ccc3c(c2)[C@]2(C)CCN(C(=O)N4CCCCC4)[C@H](C3)[C@H]2C)n1. The summed E-state index contributed by atoms with van der Waals surface area (Å²) in [6.07, 6.45) is 7.35. The van der Waals surface area contributed by atoms with Gasteiger partial charge < -0.3 is 9.80 Å². The molecule has 5 nitrogen and oxygen atoms in total. The molecule has 5 rings (SSSR count). The molecule has 3 atom stereocenters. The van der Waals surface area contributed by atoms with Crippen LogP contribution in [0.2, 0.25) is 0 Å². The summed E-state index contributed by atoms with van der Waals surface area (Å²) in [5.74, 6) is 1.24. The zero-order chi connectivity index (χ0) is 20.9. The van der Waals surface area contributed by atoms with E-state index in [1.807, 2.05) is 19.2 Å². The van der Waals surface area contributed by atoms with Crippen molar-refractivity contribution in [1.29, 1.82) is 0 Å². The van der Waals surface area contributed by atoms with Crippen LogP contribution in [-0.4, -0.2) is 51.5 Å². The maximum absolute atomic E-state index is 13.3. The van der Waals surface area contributed by atoms with Crippen molar-refractivity contribution in [2.45, 2.75) is 64.3 Å². The van der Waals surface area contributed by atoms with E-state index in [1.54, 1.807) is 0 Å². The third-order valence-electron chi connectivity index (χ3n) is 7.95. The molecule has 1 aliphatic carbocycles. The molecule has 5 heteroatoms. The van der Waals surface area contributed by atoms with Crippen molar-refractivity contribution in [3.05, 3.63) is 47.4 Å². The number of benzene rings is 1. The lowest BCUT2D eigenvalue weighted by atomic mass is 9.59. The molecule has 0 saturated carbocycles. The first-order valence-electron chi connectivity index (χ1n) is 11.5. The van der Waals surface area contributed by atoms with Crippen LogP contribution in [0.4, 0.5) is 4.79 Å². The zero-order valence-corrected chi connectivity index (χ0v) is 18.4. The van der Waals surface area contributed by atoms with Crippen molar-refractivity contribution in [2.75, 3.05) is 19.6 Å². The molecule has 1 aromatic carbocycles. The second-order valence-electron chi connectivity index (χ2n) is 9.61. The molecule has 0 radical (unpaired) electrons. The standard InChI is InChI=1S/C25H32N4O/c1-17-23-16-19-7-8-20(22-9-11-26-18(2)27-22)15-21(19)25(17,3)10-14-29(23)24(30)28-12-5-4-6-13-28/h7-9,11,15,17,23H,4-6,10,12-14,16H2,1-3H3/t17-,23-,25-/m1/s1. The quantitative estimate of drug-likeness (QED) is 0.699. The topological polar surface area (TPSA) is 49.3 Å². The Morgan fingerprint density at radius 3 is 2.70 bits per heavy atom. The van der Waals surface area contributed by atoms with Crippen LogP contribution in [-0.2, 0) is 11.8 Å². The minimum atomic E-state index is 0.0923. The lowest BCUT2D eigenvalue weighted by Gasteiger charge is -2.55. The maximum Gasteiger partial charge on any atom is 0.320 e. The Labute approximate surface area is 179 Å². The molecule has 0 N–H and O–H groups in total. The number of urea groups is 1. The van der Waals surface area contributed by atoms with Gasteiger partial charge in [0.05, 0.1) is 5.69 Å². The molecule has 1 aromatic heterocycles. The molecule has 0 spiro atoms. The van der Waals surface area contributed by atoms with E-state index < -0.39 is 0 Å². The predicted octanol–water partition coefficient (Wildman–Crippen LogP) is 4.58. The van der Waals surface area contributed by atoms with Crippen LogP contribution in [0.3, 0.4) is 0 Å². The van der Waals surface area contributed by atoms with Crippen molar-refractivity contribution in [3.8, 4) is 11.3 Å². The van der Waals surface area contributed by atoms with Gasteiger partial charge in [0.2, 0.25) is 0 Å². The van der Waals surface area contributed by atoms with E-state index in [-0.39, 0.29) is 17.5 Å². The van der Waals surface area contributed by atoms with Gasteiger partial charge in [-0.05, 0) is 73.6 Å². The first kappa shape index (κ1) is 19.5. The normalized spacial score (nSPS) is 28.2. The lowest BCUT2D eigenvalue weighted by Crippen LogP contribution is -2.62. The van der Waals surface area contributed by atoms with E-state index >= 15 is 0 Å². The molecular formula is C25H32N4O. The van der Waals surface area contributed by atoms with Gasteiger partial charge in [-0.15, -0.1) is 0 Å². The van der Waals surface area contributed by atoms with Crippen LogP contribution in [0.15, 0.2) is 30.5 Å². The molecule has 158 valence electrons. The summed E-state index contributed by atoms with van der Waals surface area (Å²) in [6.45, 7) is 9.39. The molecule has 2 saturated heterocycles. The van der Waals surface area contributed by atoms with Gasteiger partial charge in [-0.3, -0.25) is 0 Å². The van der Waals surface area contributed by atoms with Crippen molar-refractivity contribution in [1.82, 2.24) is 19.8 Å². The first-order chi connectivity index (χ1) is 14.5. The molecule has 3 aliphatic rings. The first-order valence-corrected chi connectivity index (χ1v) is 11.5. The van der Waals surface area contributed by atoms with Crippen LogP contribution in [0.1, 0.15) is 56.5 Å². The van der Waals surface area contributed by atoms with Gasteiger partial charge in [0.1, 0.15) is 5.82 Å². The maximum atomic E-state index is 13.3. The molecule has 2 fully saturated rings. The van der Waals surface area contributed by atoms with Crippen LogP contribution in [0.5, 0.6) is 0 Å². The van der Waals surface area contributed by atoms with Crippen molar-refractivity contribution < 1.29 is 4.79 Å². The van der Waals surface area contributed by atoms with Crippen LogP contribution in [0.25, 0.3) is 11.3 Å². The fraction of sp³-hybridized carbons (Fsp3) is 0.560. The summed E-state index contributed by atoms with van der Waals surface area (Å²) < 4.78 is 0. The number of likely N-dealkylation sites (tertiary alicyclic amines) is 2. The summed E-state index contributed by atoms with van der Waals surface area (Å²) in [5, 5.41) is 0. The van der Waals surface area contributed by atoms with Gasteiger partial charge >= 0.3 is 6.03 Å². The number of hydrogen-bond acceptors (Lipinski definition) is 3. The predicted molar refractivity (Wildman–Crippen MR) is 118 cm³/mol. The Hall–Kier alpha value is -2.43. The molecule has 3 heterocycles. The van der Waals surface area contributed by atoms with Gasteiger partial charge in [-0.2, -0.15) is 0 Å². The minimum absolute atomic E-state index is 0.0923. The second kappa shape index (κ2) is 7.36. The third-order valence-corrected chi connectivity index (χ3v) is 7.95. The number of aromatic nitrogens is 2. The molecule has 2 aliphatic heterocycles. The number of nitrogens with zero attached hydrogens (tertiary/aromatic N) is 4. The van der Waals surface area contributed by atoms with Crippen molar-refractivity contribution in [3.63, 3.8) is 0 Å². The molecule has 2 aromatic rings. The van der Waals surface area contributed by atoms with E-state index in [0.29, 0.717) is 5.92 Å². The number of aryl methyl sites for hydroxylation is 1. The summed E-state index contributed by atoms with van der Waals surface area (Å²) in [4.78, 5) is 26.5. The smallest absolute Gasteiger partial charge is 0.320 e. The monoisotopic (exact) mass is 404 g/mol. The van der Waals surface area contributed by atoms with Crippen LogP contribution >= 0.6 is 0 Å². The van der Waals surface area contributed by atoms with Gasteiger partial charge in [0.15, 0.2) is 0 Å². The van der Waals surface area contributed by atoms with Gasteiger partial charge in [0, 0.05) is 37.4 Å². The number of carbonyl (C=O) groups excluding carboxylic acids is 1. The number of rotatable bonds is 1. The van der Waals surface area contributed by atoms with E-state index in [1.165, 1.54) is 17.5 Å². The van der Waals surface area contributed by atoms with E-state index in [2.05, 4.69) is 51.8 Å². The number of carbonyl (C=O) groups is 1. The number of piperidine rings is 2. The largest absolute Gasteiger partial charge is 0.325 e. The van der Waals surface area contributed by atoms with E-state index in [9.17, 15) is 4.79 Å². The van der Waals surface area contributed by atoms with Crippen LogP contribution in [0, 0.1) is 12.8 Å². The molecule has 30 heavy (non-hydrogen) atoms. The van der Waals surface area contributed by atoms with Gasteiger partial charge in [-0.1, -0.05) is 26.0 Å². The Morgan fingerprint density at radius 2 is 1.93 bits per heavy atom. The minimum Gasteiger partial charge on any atom is -0.325 e. The van der Waals surface area contributed by atoms with Crippen molar-refractivity contribution >= 4 is 6.03 Å². The third kappa shape index (κ3) is 3.10. The fourth-order valence-corrected chi connectivity index (χ4v) is 5.90. The van der Waals surface area contributed by atoms with Gasteiger partial charge in [0.25, 0.3) is 0 Å². The summed E-state index contributed by atoms with van der Waals surface area (Å²) in [7, 11) is 0. The van der Waals surface area contributed by atoms with Crippen LogP contribution < -0.4 is 0 Å². The zero-order valence-electron chi connectivity index (χ0n) is 18.4. The average Bonchev–Trinajstić information content (AvgIpc) is 2.76. The highest BCUT2D eigenvalue weighted by Gasteiger charge is 2.50. The van der Waals surface area contributed by atoms with Gasteiger partial charge in [-0.25, -0.2) is 14.8 Å². The molecule has 2 bridgehead atoms. The number of hydrogen-bond donors (Lipinski definition) is 0. The molecule has 2 amide bonds. The average molecular weight is 405 g/mol. The number of amides is 2. The molecule has 0 unspecified atom stereocenters. The number of fused-ring (bicyclic) bond motifs is 4. The van der Waals surface area contributed by atoms with Crippen molar-refractivity contribution in [2.24, 2.45) is 5.92 Å². The Morgan fingerprint density at radius 1 is 1.13 bits per heavy atom. The Balaban J connectivity index is 1.47. The summed E-state index contributed by atoms with van der Waals surface area (Å²) in [5.41, 5.74) is 5.09. The van der Waals surface area contributed by atoms with E-state index in [0.717, 1.165) is 62.4 Å². The highest BCUT2D eigenvalue weighted by molar-refractivity contribution is 5.75. The Bertz CT molecular complexity index is 967. The summed E-state index contributed by atoms with van der Waals surface area (Å²) in [6, 6.07) is 9.36. The van der Waals surface area contributed by atoms with E-state index in [4.69, 9.17) is 0 Å². The molecular weight excluding hydrogens is 372 g/mol.